The summed E-state index contributed by atoms with van der Waals surface area (Å²) in [5.74, 6) is -0.894. The second kappa shape index (κ2) is 5.15. The van der Waals surface area contributed by atoms with Crippen LogP contribution in [0, 0.1) is 0 Å². The molecule has 0 heterocycles. The first-order valence-corrected chi connectivity index (χ1v) is 4.82. The third kappa shape index (κ3) is 2.56. The van der Waals surface area contributed by atoms with Gasteiger partial charge in [0.15, 0.2) is 0 Å². The minimum Gasteiger partial charge on any atom is -0.478 e. The standard InChI is InChI=1S/C13H14O2/c1-3-7-10(4-2)11-8-5-6-9-12(11)13(14)15/h3-9H,1-2H3,(H,14,15)/b7-3-,10-4+. The molecule has 0 saturated carbocycles. The van der Waals surface area contributed by atoms with Crippen LogP contribution in [0.3, 0.4) is 0 Å². The van der Waals surface area contributed by atoms with E-state index in [1.54, 1.807) is 12.1 Å². The summed E-state index contributed by atoms with van der Waals surface area (Å²) < 4.78 is 0. The van der Waals surface area contributed by atoms with E-state index in [1.165, 1.54) is 0 Å². The average Bonchev–Trinajstić information content (AvgIpc) is 2.26. The lowest BCUT2D eigenvalue weighted by Crippen LogP contribution is -2.00. The Balaban J connectivity index is 3.29. The zero-order valence-corrected chi connectivity index (χ0v) is 8.90. The number of hydrogen-bond acceptors (Lipinski definition) is 1. The molecule has 0 unspecified atom stereocenters. The fraction of sp³-hybridized carbons (Fsp3) is 0.154. The number of allylic oxidation sites excluding steroid dienone is 4. The van der Waals surface area contributed by atoms with Gasteiger partial charge in [0.05, 0.1) is 5.56 Å². The lowest BCUT2D eigenvalue weighted by molar-refractivity contribution is 0.0696. The van der Waals surface area contributed by atoms with E-state index in [9.17, 15) is 4.79 Å². The third-order valence-corrected chi connectivity index (χ3v) is 2.13. The van der Waals surface area contributed by atoms with Gasteiger partial charge in [0.2, 0.25) is 0 Å². The summed E-state index contributed by atoms with van der Waals surface area (Å²) in [5, 5.41) is 9.03. The molecule has 0 amide bonds. The molecule has 0 aromatic heterocycles. The van der Waals surface area contributed by atoms with Crippen LogP contribution in [-0.2, 0) is 0 Å². The van der Waals surface area contributed by atoms with Crippen LogP contribution in [0.4, 0.5) is 0 Å². The van der Waals surface area contributed by atoms with Crippen LogP contribution in [0.15, 0.2) is 42.5 Å². The van der Waals surface area contributed by atoms with E-state index in [0.717, 1.165) is 11.1 Å². The van der Waals surface area contributed by atoms with Gasteiger partial charge in [-0.1, -0.05) is 36.4 Å². The number of aromatic carboxylic acids is 1. The zero-order chi connectivity index (χ0) is 11.3. The van der Waals surface area contributed by atoms with E-state index in [0.29, 0.717) is 5.56 Å². The summed E-state index contributed by atoms with van der Waals surface area (Å²) in [6, 6.07) is 7.01. The molecule has 0 fully saturated rings. The van der Waals surface area contributed by atoms with Crippen molar-refractivity contribution in [1.82, 2.24) is 0 Å². The van der Waals surface area contributed by atoms with Crippen molar-refractivity contribution in [2.75, 3.05) is 0 Å². The van der Waals surface area contributed by atoms with E-state index in [2.05, 4.69) is 0 Å². The molecule has 1 rings (SSSR count). The molecule has 15 heavy (non-hydrogen) atoms. The van der Waals surface area contributed by atoms with Crippen molar-refractivity contribution in [2.24, 2.45) is 0 Å². The molecule has 0 aliphatic heterocycles. The summed E-state index contributed by atoms with van der Waals surface area (Å²) in [6.07, 6.45) is 5.71. The molecule has 1 aromatic carbocycles. The van der Waals surface area contributed by atoms with Crippen molar-refractivity contribution >= 4 is 11.5 Å². The van der Waals surface area contributed by atoms with E-state index in [1.807, 2.05) is 44.2 Å². The fourth-order valence-corrected chi connectivity index (χ4v) is 1.44. The van der Waals surface area contributed by atoms with Crippen molar-refractivity contribution in [3.05, 3.63) is 53.6 Å². The van der Waals surface area contributed by atoms with Gasteiger partial charge >= 0.3 is 5.97 Å². The summed E-state index contributed by atoms with van der Waals surface area (Å²) in [5.41, 5.74) is 2.02. The minimum atomic E-state index is -0.894. The lowest BCUT2D eigenvalue weighted by atomic mass is 9.99. The smallest absolute Gasteiger partial charge is 0.336 e. The molecule has 0 spiro atoms. The molecule has 78 valence electrons. The predicted octanol–water partition coefficient (Wildman–Crippen LogP) is 3.36. The first-order valence-electron chi connectivity index (χ1n) is 4.82. The maximum Gasteiger partial charge on any atom is 0.336 e. The Morgan fingerprint density at radius 3 is 2.27 bits per heavy atom. The van der Waals surface area contributed by atoms with Gasteiger partial charge in [-0.05, 0) is 31.1 Å². The Hall–Kier alpha value is -1.83. The third-order valence-electron chi connectivity index (χ3n) is 2.13. The minimum absolute atomic E-state index is 0.337. The molecule has 1 aromatic rings. The molecule has 2 heteroatoms. The normalized spacial score (nSPS) is 12.0. The van der Waals surface area contributed by atoms with Crippen LogP contribution in [-0.4, -0.2) is 11.1 Å². The van der Waals surface area contributed by atoms with Gasteiger partial charge < -0.3 is 5.11 Å². The van der Waals surface area contributed by atoms with Gasteiger partial charge in [-0.3, -0.25) is 0 Å². The van der Waals surface area contributed by atoms with Gasteiger partial charge in [0.25, 0.3) is 0 Å². The first-order chi connectivity index (χ1) is 7.20. The van der Waals surface area contributed by atoms with Gasteiger partial charge in [-0.15, -0.1) is 0 Å². The van der Waals surface area contributed by atoms with E-state index in [4.69, 9.17) is 5.11 Å². The number of rotatable bonds is 3. The fourth-order valence-electron chi connectivity index (χ4n) is 1.44. The van der Waals surface area contributed by atoms with Crippen molar-refractivity contribution in [1.29, 1.82) is 0 Å². The lowest BCUT2D eigenvalue weighted by Gasteiger charge is -2.06. The maximum absolute atomic E-state index is 11.0. The highest BCUT2D eigenvalue weighted by Crippen LogP contribution is 2.20. The molecule has 0 aliphatic rings. The van der Waals surface area contributed by atoms with E-state index >= 15 is 0 Å². The number of hydrogen-bond donors (Lipinski definition) is 1. The van der Waals surface area contributed by atoms with Crippen molar-refractivity contribution in [3.63, 3.8) is 0 Å². The van der Waals surface area contributed by atoms with Gasteiger partial charge in [0.1, 0.15) is 0 Å². The van der Waals surface area contributed by atoms with Crippen LogP contribution in [0.2, 0.25) is 0 Å². The SMILES string of the molecule is C/C=C\C(=C/C)c1ccccc1C(=O)O. The summed E-state index contributed by atoms with van der Waals surface area (Å²) in [4.78, 5) is 11.0. The molecule has 2 nitrogen and oxygen atoms in total. The maximum atomic E-state index is 11.0. The number of carboxylic acids is 1. The molecule has 0 bridgehead atoms. The van der Waals surface area contributed by atoms with Crippen LogP contribution >= 0.6 is 0 Å². The quantitative estimate of drug-likeness (QED) is 0.763. The topological polar surface area (TPSA) is 37.3 Å². The Bertz CT molecular complexity index is 414. The highest BCUT2D eigenvalue weighted by Gasteiger charge is 2.09. The molecule has 0 radical (unpaired) electrons. The molecular weight excluding hydrogens is 188 g/mol. The molecule has 0 atom stereocenters. The van der Waals surface area contributed by atoms with Gasteiger partial charge in [0, 0.05) is 0 Å². The van der Waals surface area contributed by atoms with Crippen LogP contribution in [0.1, 0.15) is 29.8 Å². The van der Waals surface area contributed by atoms with Gasteiger partial charge in [-0.2, -0.15) is 0 Å². The van der Waals surface area contributed by atoms with Crippen molar-refractivity contribution < 1.29 is 9.90 Å². The first kappa shape index (κ1) is 11.2. The summed E-state index contributed by atoms with van der Waals surface area (Å²) >= 11 is 0. The largest absolute Gasteiger partial charge is 0.478 e. The average molecular weight is 202 g/mol. The van der Waals surface area contributed by atoms with E-state index in [-0.39, 0.29) is 0 Å². The zero-order valence-electron chi connectivity index (χ0n) is 8.90. The molecule has 0 aliphatic carbocycles. The Morgan fingerprint density at radius 2 is 1.80 bits per heavy atom. The van der Waals surface area contributed by atoms with Crippen LogP contribution in [0.25, 0.3) is 5.57 Å². The van der Waals surface area contributed by atoms with Crippen molar-refractivity contribution in [2.45, 2.75) is 13.8 Å². The second-order valence-corrected chi connectivity index (χ2v) is 3.09. The summed E-state index contributed by atoms with van der Waals surface area (Å²) in [7, 11) is 0. The highest BCUT2D eigenvalue weighted by molar-refractivity contribution is 5.95. The summed E-state index contributed by atoms with van der Waals surface area (Å²) in [6.45, 7) is 3.81. The predicted molar refractivity (Wildman–Crippen MR) is 61.9 cm³/mol. The van der Waals surface area contributed by atoms with Crippen LogP contribution < -0.4 is 0 Å². The number of carbonyl (C=O) groups is 1. The van der Waals surface area contributed by atoms with Crippen molar-refractivity contribution in [3.8, 4) is 0 Å². The molecule has 1 N–H and O–H groups in total. The molecule has 0 saturated heterocycles. The molecular formula is C13H14O2. The highest BCUT2D eigenvalue weighted by atomic mass is 16.4. The van der Waals surface area contributed by atoms with Gasteiger partial charge in [-0.25, -0.2) is 4.79 Å². The Labute approximate surface area is 89.6 Å². The van der Waals surface area contributed by atoms with Crippen LogP contribution in [0.5, 0.6) is 0 Å². The monoisotopic (exact) mass is 202 g/mol. The van der Waals surface area contributed by atoms with E-state index < -0.39 is 5.97 Å². The number of benzene rings is 1. The Kier molecular flexibility index (Phi) is 3.86. The second-order valence-electron chi connectivity index (χ2n) is 3.09. The Morgan fingerprint density at radius 1 is 1.20 bits per heavy atom. The number of carboxylic acid groups (broad SMARTS) is 1.